The third kappa shape index (κ3) is 12.7. The molecule has 0 aromatic heterocycles. The molecular weight excluding hydrogens is 558 g/mol. The molecule has 0 atom stereocenters. The van der Waals surface area contributed by atoms with Crippen molar-refractivity contribution in [3.05, 3.63) is 88.5 Å². The minimum absolute atomic E-state index is 1.08. The van der Waals surface area contributed by atoms with E-state index in [2.05, 4.69) is 124 Å². The van der Waals surface area contributed by atoms with Crippen LogP contribution in [0, 0.1) is 6.92 Å². The van der Waals surface area contributed by atoms with Crippen LogP contribution in [-0.4, -0.2) is 39.3 Å². The van der Waals surface area contributed by atoms with Crippen LogP contribution in [0.15, 0.2) is 60.7 Å². The minimum atomic E-state index is 1.08. The molecule has 2 aliphatic rings. The van der Waals surface area contributed by atoms with Gasteiger partial charge < -0.3 is 14.7 Å². The fourth-order valence-electron chi connectivity index (χ4n) is 6.40. The van der Waals surface area contributed by atoms with Gasteiger partial charge in [0, 0.05) is 56.3 Å². The molecule has 0 N–H and O–H groups in total. The molecule has 0 saturated carbocycles. The Hall–Kier alpha value is -2.94. The molecule has 0 aliphatic heterocycles. The lowest BCUT2D eigenvalue weighted by atomic mass is 10.1. The molecule has 3 nitrogen and oxygen atoms in total. The van der Waals surface area contributed by atoms with Crippen molar-refractivity contribution in [2.45, 2.75) is 129 Å². The molecule has 0 spiro atoms. The molecule has 3 heteroatoms. The average molecular weight is 632 g/mol. The largest absolute Gasteiger partial charge is 0.372 e. The van der Waals surface area contributed by atoms with Gasteiger partial charge in [-0.2, -0.15) is 0 Å². The van der Waals surface area contributed by atoms with E-state index in [0.717, 1.165) is 39.3 Å². The van der Waals surface area contributed by atoms with Gasteiger partial charge in [-0.25, -0.2) is 0 Å². The zero-order chi connectivity index (χ0) is 34.9. The van der Waals surface area contributed by atoms with E-state index in [9.17, 15) is 0 Å². The fourth-order valence-corrected chi connectivity index (χ4v) is 6.40. The van der Waals surface area contributed by atoms with Crippen LogP contribution in [-0.2, 0) is 25.7 Å². The molecule has 0 bridgehead atoms. The maximum atomic E-state index is 2.46. The number of benzene rings is 3. The standard InChI is InChI=1S/2C13H19N.C11H17N.3C2H6/c2*1-3-14(4-2)13-10-6-8-11-7-5-9-12(11)13;1-4-12(5-2)11-9-7-6-8-10(11)3;3*1-2/h2*6,8,10H,3-5,7,9H2,1-2H3;6-9H,4-5H2,1-3H3;3*1-2H3. The Morgan fingerprint density at radius 2 is 0.739 bits per heavy atom. The third-order valence-electron chi connectivity index (χ3n) is 8.67. The van der Waals surface area contributed by atoms with Crippen LogP contribution in [0.2, 0.25) is 0 Å². The first-order chi connectivity index (χ1) is 22.5. The normalized spacial score (nSPS) is 11.6. The SMILES string of the molecule is CC.CC.CC.CCN(CC)c1cccc2c1CCC2.CCN(CC)c1cccc2c1CCC2.CCN(CC)c1ccccc1C. The number of rotatable bonds is 9. The Kier molecular flexibility index (Phi) is 24.5. The number of hydrogen-bond acceptors (Lipinski definition) is 3. The Labute approximate surface area is 287 Å². The average Bonchev–Trinajstić information content (AvgIpc) is 3.82. The van der Waals surface area contributed by atoms with Crippen molar-refractivity contribution >= 4 is 17.1 Å². The number of nitrogens with zero attached hydrogens (tertiary/aromatic N) is 3. The van der Waals surface area contributed by atoms with E-state index in [0.29, 0.717) is 0 Å². The van der Waals surface area contributed by atoms with E-state index in [1.54, 1.807) is 22.3 Å². The lowest BCUT2D eigenvalue weighted by molar-refractivity contribution is 0.852. The molecule has 0 amide bonds. The van der Waals surface area contributed by atoms with E-state index >= 15 is 0 Å². The summed E-state index contributed by atoms with van der Waals surface area (Å²) < 4.78 is 0. The fraction of sp³-hybridized carbons (Fsp3) is 0.581. The van der Waals surface area contributed by atoms with Gasteiger partial charge in [-0.1, -0.05) is 84.0 Å². The Morgan fingerprint density at radius 3 is 1.09 bits per heavy atom. The zero-order valence-electron chi connectivity index (χ0n) is 32.6. The van der Waals surface area contributed by atoms with Crippen molar-refractivity contribution in [2.75, 3.05) is 54.0 Å². The quantitative estimate of drug-likeness (QED) is 0.233. The Balaban J connectivity index is 0.000000611. The van der Waals surface area contributed by atoms with Gasteiger partial charge in [-0.3, -0.25) is 0 Å². The molecular formula is C43H73N3. The van der Waals surface area contributed by atoms with Crippen LogP contribution < -0.4 is 14.7 Å². The molecule has 260 valence electrons. The van der Waals surface area contributed by atoms with Crippen LogP contribution in [0.5, 0.6) is 0 Å². The van der Waals surface area contributed by atoms with Crippen LogP contribution in [0.25, 0.3) is 0 Å². The van der Waals surface area contributed by atoms with Gasteiger partial charge in [0.15, 0.2) is 0 Å². The number of hydrogen-bond donors (Lipinski definition) is 0. The summed E-state index contributed by atoms with van der Waals surface area (Å²) >= 11 is 0. The summed E-state index contributed by atoms with van der Waals surface area (Å²) in [7, 11) is 0. The summed E-state index contributed by atoms with van der Waals surface area (Å²) in [5, 5.41) is 0. The Bertz CT molecular complexity index is 1090. The molecule has 2 aliphatic carbocycles. The van der Waals surface area contributed by atoms with Gasteiger partial charge >= 0.3 is 0 Å². The predicted octanol–water partition coefficient (Wildman–Crippen LogP) is 12.0. The second-order valence-corrected chi connectivity index (χ2v) is 10.8. The first kappa shape index (κ1) is 43.1. The molecule has 0 fully saturated rings. The van der Waals surface area contributed by atoms with Crippen molar-refractivity contribution in [1.82, 2.24) is 0 Å². The summed E-state index contributed by atoms with van der Waals surface area (Å²) in [5.74, 6) is 0. The topological polar surface area (TPSA) is 9.72 Å². The maximum absolute atomic E-state index is 2.46. The maximum Gasteiger partial charge on any atom is 0.0401 e. The third-order valence-corrected chi connectivity index (χ3v) is 8.67. The first-order valence-corrected chi connectivity index (χ1v) is 19.0. The highest BCUT2D eigenvalue weighted by Gasteiger charge is 2.17. The zero-order valence-corrected chi connectivity index (χ0v) is 32.6. The second-order valence-electron chi connectivity index (χ2n) is 10.8. The van der Waals surface area contributed by atoms with E-state index in [4.69, 9.17) is 0 Å². The molecule has 3 aromatic carbocycles. The summed E-state index contributed by atoms with van der Waals surface area (Å²) in [6, 6.07) is 22.1. The van der Waals surface area contributed by atoms with Crippen LogP contribution in [0.1, 0.15) is 124 Å². The monoisotopic (exact) mass is 632 g/mol. The number of fused-ring (bicyclic) bond motifs is 2. The van der Waals surface area contributed by atoms with Crippen LogP contribution in [0.4, 0.5) is 17.1 Å². The van der Waals surface area contributed by atoms with Crippen LogP contribution >= 0.6 is 0 Å². The van der Waals surface area contributed by atoms with Gasteiger partial charge in [0.2, 0.25) is 0 Å². The van der Waals surface area contributed by atoms with Crippen LogP contribution in [0.3, 0.4) is 0 Å². The van der Waals surface area contributed by atoms with E-state index in [1.165, 1.54) is 61.2 Å². The second kappa shape index (κ2) is 26.2. The predicted molar refractivity (Wildman–Crippen MR) is 213 cm³/mol. The van der Waals surface area contributed by atoms with Crippen molar-refractivity contribution in [3.8, 4) is 0 Å². The summed E-state index contributed by atoms with van der Waals surface area (Å²) in [6.07, 6.45) is 7.81. The highest BCUT2D eigenvalue weighted by Crippen LogP contribution is 2.32. The lowest BCUT2D eigenvalue weighted by Crippen LogP contribution is -2.23. The summed E-state index contributed by atoms with van der Waals surface area (Å²) in [4.78, 5) is 7.30. The van der Waals surface area contributed by atoms with E-state index in [1.807, 2.05) is 41.5 Å². The molecule has 46 heavy (non-hydrogen) atoms. The smallest absolute Gasteiger partial charge is 0.0401 e. The van der Waals surface area contributed by atoms with Gasteiger partial charge in [0.25, 0.3) is 0 Å². The van der Waals surface area contributed by atoms with Gasteiger partial charge in [-0.05, 0) is 133 Å². The van der Waals surface area contributed by atoms with Crippen molar-refractivity contribution in [2.24, 2.45) is 0 Å². The van der Waals surface area contributed by atoms with Gasteiger partial charge in [0.1, 0.15) is 0 Å². The van der Waals surface area contributed by atoms with Crippen molar-refractivity contribution < 1.29 is 0 Å². The minimum Gasteiger partial charge on any atom is -0.372 e. The van der Waals surface area contributed by atoms with Gasteiger partial charge in [0.05, 0.1) is 0 Å². The number of para-hydroxylation sites is 1. The molecule has 3 aromatic rings. The Morgan fingerprint density at radius 1 is 0.413 bits per heavy atom. The molecule has 0 saturated heterocycles. The summed E-state index contributed by atoms with van der Waals surface area (Å²) in [6.45, 7) is 34.1. The number of anilines is 3. The molecule has 0 unspecified atom stereocenters. The first-order valence-electron chi connectivity index (χ1n) is 19.0. The summed E-state index contributed by atoms with van der Waals surface area (Å²) in [5.41, 5.74) is 12.1. The number of aryl methyl sites for hydroxylation is 3. The molecule has 0 radical (unpaired) electrons. The molecule has 0 heterocycles. The molecule has 5 rings (SSSR count). The van der Waals surface area contributed by atoms with Crippen molar-refractivity contribution in [1.29, 1.82) is 0 Å². The lowest BCUT2D eigenvalue weighted by Gasteiger charge is -2.23. The highest BCUT2D eigenvalue weighted by atomic mass is 15.1. The highest BCUT2D eigenvalue weighted by molar-refractivity contribution is 5.59. The van der Waals surface area contributed by atoms with E-state index in [-0.39, 0.29) is 0 Å². The van der Waals surface area contributed by atoms with Gasteiger partial charge in [-0.15, -0.1) is 0 Å². The van der Waals surface area contributed by atoms with E-state index < -0.39 is 0 Å². The van der Waals surface area contributed by atoms with Crippen molar-refractivity contribution in [3.63, 3.8) is 0 Å².